The standard InChI is InChI=1S/C16H21N3O2/c17-19-15-6-2-1-4-13(15)12-14(16(19)20)5-3-7-18-8-10-21-11-9-18/h1-2,4,6,12H,3,5,7-11,17H2. The van der Waals surface area contributed by atoms with Crippen molar-refractivity contribution in [1.82, 2.24) is 9.58 Å². The van der Waals surface area contributed by atoms with Gasteiger partial charge in [0.05, 0.1) is 18.7 Å². The summed E-state index contributed by atoms with van der Waals surface area (Å²) < 4.78 is 6.60. The van der Waals surface area contributed by atoms with Crippen molar-refractivity contribution in [2.24, 2.45) is 0 Å². The SMILES string of the molecule is Nn1c(=O)c(CCCN2CCOCC2)cc2ccccc21. The summed E-state index contributed by atoms with van der Waals surface area (Å²) in [7, 11) is 0. The summed E-state index contributed by atoms with van der Waals surface area (Å²) in [6.07, 6.45) is 1.73. The van der Waals surface area contributed by atoms with Gasteiger partial charge in [-0.1, -0.05) is 18.2 Å². The Morgan fingerprint density at radius 3 is 2.76 bits per heavy atom. The van der Waals surface area contributed by atoms with E-state index in [1.54, 1.807) is 0 Å². The molecule has 1 aromatic carbocycles. The summed E-state index contributed by atoms with van der Waals surface area (Å²) in [4.78, 5) is 14.6. The van der Waals surface area contributed by atoms with Crippen molar-refractivity contribution in [3.8, 4) is 0 Å². The summed E-state index contributed by atoms with van der Waals surface area (Å²) in [5, 5.41) is 1.01. The van der Waals surface area contributed by atoms with Crippen molar-refractivity contribution in [3.63, 3.8) is 0 Å². The van der Waals surface area contributed by atoms with Crippen LogP contribution in [-0.2, 0) is 11.2 Å². The summed E-state index contributed by atoms with van der Waals surface area (Å²) in [5.74, 6) is 5.91. The van der Waals surface area contributed by atoms with E-state index in [4.69, 9.17) is 10.6 Å². The lowest BCUT2D eigenvalue weighted by Crippen LogP contribution is -2.37. The molecule has 0 saturated carbocycles. The second-order valence-corrected chi connectivity index (χ2v) is 5.46. The van der Waals surface area contributed by atoms with Crippen molar-refractivity contribution >= 4 is 10.9 Å². The highest BCUT2D eigenvalue weighted by Gasteiger charge is 2.11. The van der Waals surface area contributed by atoms with Crippen LogP contribution >= 0.6 is 0 Å². The van der Waals surface area contributed by atoms with Gasteiger partial charge in [-0.2, -0.15) is 0 Å². The Labute approximate surface area is 123 Å². The monoisotopic (exact) mass is 287 g/mol. The van der Waals surface area contributed by atoms with E-state index in [9.17, 15) is 4.79 Å². The van der Waals surface area contributed by atoms with Crippen molar-refractivity contribution in [2.75, 3.05) is 38.7 Å². The Balaban J connectivity index is 1.71. The number of pyridine rings is 1. The molecule has 1 aliphatic heterocycles. The summed E-state index contributed by atoms with van der Waals surface area (Å²) in [5.41, 5.74) is 1.49. The predicted octanol–water partition coefficient (Wildman–Crippen LogP) is 0.980. The van der Waals surface area contributed by atoms with E-state index in [2.05, 4.69) is 4.90 Å². The molecule has 0 radical (unpaired) electrons. The minimum Gasteiger partial charge on any atom is -0.379 e. The highest BCUT2D eigenvalue weighted by atomic mass is 16.5. The maximum absolute atomic E-state index is 12.3. The molecule has 0 amide bonds. The molecule has 0 bridgehead atoms. The molecule has 1 aromatic heterocycles. The molecule has 2 heterocycles. The second-order valence-electron chi connectivity index (χ2n) is 5.46. The zero-order chi connectivity index (χ0) is 14.7. The summed E-state index contributed by atoms with van der Waals surface area (Å²) in [6.45, 7) is 4.59. The Bertz CT molecular complexity index is 675. The highest BCUT2D eigenvalue weighted by molar-refractivity contribution is 5.79. The molecule has 2 N–H and O–H groups in total. The maximum atomic E-state index is 12.3. The number of morpholine rings is 1. The Morgan fingerprint density at radius 1 is 1.19 bits per heavy atom. The summed E-state index contributed by atoms with van der Waals surface area (Å²) >= 11 is 0. The minimum atomic E-state index is -0.0873. The molecular formula is C16H21N3O2. The quantitative estimate of drug-likeness (QED) is 0.852. The molecule has 0 unspecified atom stereocenters. The number of hydrogen-bond acceptors (Lipinski definition) is 4. The van der Waals surface area contributed by atoms with Crippen LogP contribution < -0.4 is 11.4 Å². The van der Waals surface area contributed by atoms with E-state index in [0.717, 1.165) is 62.2 Å². The van der Waals surface area contributed by atoms with Crippen LogP contribution in [0, 0.1) is 0 Å². The first-order chi connectivity index (χ1) is 10.3. The van der Waals surface area contributed by atoms with Gasteiger partial charge in [-0.15, -0.1) is 0 Å². The van der Waals surface area contributed by atoms with Crippen molar-refractivity contribution < 1.29 is 4.74 Å². The average Bonchev–Trinajstić information content (AvgIpc) is 2.53. The number of fused-ring (bicyclic) bond motifs is 1. The van der Waals surface area contributed by atoms with E-state index >= 15 is 0 Å². The molecule has 3 rings (SSSR count). The fourth-order valence-electron chi connectivity index (χ4n) is 2.84. The second kappa shape index (κ2) is 6.28. The van der Waals surface area contributed by atoms with Crippen LogP contribution in [0.15, 0.2) is 35.1 Å². The molecule has 5 heteroatoms. The van der Waals surface area contributed by atoms with Gasteiger partial charge in [0.1, 0.15) is 0 Å². The van der Waals surface area contributed by atoms with Crippen LogP contribution in [0.2, 0.25) is 0 Å². The number of aryl methyl sites for hydroxylation is 1. The Kier molecular flexibility index (Phi) is 4.22. The first-order valence-corrected chi connectivity index (χ1v) is 7.44. The Morgan fingerprint density at radius 2 is 1.95 bits per heavy atom. The minimum absolute atomic E-state index is 0.0873. The molecule has 5 nitrogen and oxygen atoms in total. The van der Waals surface area contributed by atoms with Crippen molar-refractivity contribution in [3.05, 3.63) is 46.2 Å². The number of nitrogen functional groups attached to an aromatic ring is 1. The van der Waals surface area contributed by atoms with Gasteiger partial charge < -0.3 is 10.6 Å². The van der Waals surface area contributed by atoms with Crippen LogP contribution in [0.4, 0.5) is 0 Å². The molecule has 112 valence electrons. The molecule has 21 heavy (non-hydrogen) atoms. The largest absolute Gasteiger partial charge is 0.379 e. The first-order valence-electron chi connectivity index (χ1n) is 7.44. The van der Waals surface area contributed by atoms with Crippen LogP contribution in [0.25, 0.3) is 10.9 Å². The zero-order valence-electron chi connectivity index (χ0n) is 12.1. The van der Waals surface area contributed by atoms with Gasteiger partial charge >= 0.3 is 0 Å². The first kappa shape index (κ1) is 14.1. The third kappa shape index (κ3) is 3.09. The zero-order valence-corrected chi connectivity index (χ0v) is 12.1. The molecule has 0 atom stereocenters. The third-order valence-electron chi connectivity index (χ3n) is 4.04. The number of rotatable bonds is 4. The molecular weight excluding hydrogens is 266 g/mol. The molecule has 1 saturated heterocycles. The van der Waals surface area contributed by atoms with Crippen LogP contribution in [0.5, 0.6) is 0 Å². The van der Waals surface area contributed by atoms with Crippen molar-refractivity contribution in [2.45, 2.75) is 12.8 Å². The molecule has 1 fully saturated rings. The van der Waals surface area contributed by atoms with Gasteiger partial charge in [0, 0.05) is 24.0 Å². The van der Waals surface area contributed by atoms with Gasteiger partial charge in [-0.25, -0.2) is 4.68 Å². The smallest absolute Gasteiger partial charge is 0.272 e. The lowest BCUT2D eigenvalue weighted by Gasteiger charge is -2.26. The van der Waals surface area contributed by atoms with Gasteiger partial charge in [-0.05, 0) is 31.5 Å². The van der Waals surface area contributed by atoms with E-state index in [1.165, 1.54) is 4.68 Å². The number of benzene rings is 1. The molecule has 2 aromatic rings. The number of nitrogens with two attached hydrogens (primary N) is 1. The lowest BCUT2D eigenvalue weighted by atomic mass is 10.1. The highest BCUT2D eigenvalue weighted by Crippen LogP contribution is 2.12. The van der Waals surface area contributed by atoms with Gasteiger partial charge in [0.25, 0.3) is 5.56 Å². The normalized spacial score (nSPS) is 16.4. The van der Waals surface area contributed by atoms with E-state index < -0.39 is 0 Å². The van der Waals surface area contributed by atoms with Crippen molar-refractivity contribution in [1.29, 1.82) is 0 Å². The lowest BCUT2D eigenvalue weighted by molar-refractivity contribution is 0.0374. The van der Waals surface area contributed by atoms with E-state index in [0.29, 0.717) is 0 Å². The fourth-order valence-corrected chi connectivity index (χ4v) is 2.84. The van der Waals surface area contributed by atoms with Crippen LogP contribution in [0.3, 0.4) is 0 Å². The average molecular weight is 287 g/mol. The third-order valence-corrected chi connectivity index (χ3v) is 4.04. The van der Waals surface area contributed by atoms with Gasteiger partial charge in [0.2, 0.25) is 0 Å². The van der Waals surface area contributed by atoms with E-state index in [1.807, 2.05) is 30.3 Å². The number of aromatic nitrogens is 1. The predicted molar refractivity (Wildman–Crippen MR) is 83.9 cm³/mol. The molecule has 0 aliphatic carbocycles. The van der Waals surface area contributed by atoms with Crippen LogP contribution in [0.1, 0.15) is 12.0 Å². The Hall–Kier alpha value is -1.85. The number of ether oxygens (including phenoxy) is 1. The van der Waals surface area contributed by atoms with Gasteiger partial charge in [-0.3, -0.25) is 9.69 Å². The number of nitrogens with zero attached hydrogens (tertiary/aromatic N) is 2. The summed E-state index contributed by atoms with van der Waals surface area (Å²) in [6, 6.07) is 9.69. The van der Waals surface area contributed by atoms with E-state index in [-0.39, 0.29) is 5.56 Å². The maximum Gasteiger partial charge on any atom is 0.272 e. The van der Waals surface area contributed by atoms with Gasteiger partial charge in [0.15, 0.2) is 0 Å². The fraction of sp³-hybridized carbons (Fsp3) is 0.438. The topological polar surface area (TPSA) is 60.5 Å². The molecule has 1 aliphatic rings. The van der Waals surface area contributed by atoms with Crippen LogP contribution in [-0.4, -0.2) is 42.4 Å². The number of para-hydroxylation sites is 1. The molecule has 0 spiro atoms. The number of hydrogen-bond donors (Lipinski definition) is 1.